The minimum Gasteiger partial charge on any atom is -0.479 e. The number of aliphatic carboxylic acids is 1. The van der Waals surface area contributed by atoms with Gasteiger partial charge in [-0.15, -0.1) is 0 Å². The highest BCUT2D eigenvalue weighted by atomic mass is 16.6. The van der Waals surface area contributed by atoms with Gasteiger partial charge in [0.2, 0.25) is 0 Å². The molecule has 0 aromatic rings. The van der Waals surface area contributed by atoms with E-state index >= 15 is 0 Å². The van der Waals surface area contributed by atoms with Gasteiger partial charge in [0.25, 0.3) is 0 Å². The molecule has 1 amide bonds. The lowest BCUT2D eigenvalue weighted by Crippen LogP contribution is -2.43. The standard InChI is InChI=1S/C13H23NO7/c1-13(2,3)21-12(17)14-6-7-8(18-4)9(19-5)10(20-7)11(15)16/h7-10H,6H2,1-5H3,(H,14,17)(H,15,16)/t7?,8-,9+,10+/m1/s1. The minimum absolute atomic E-state index is 0.0665. The van der Waals surface area contributed by atoms with Crippen LogP contribution in [0, 0.1) is 0 Å². The van der Waals surface area contributed by atoms with E-state index in [1.165, 1.54) is 14.2 Å². The summed E-state index contributed by atoms with van der Waals surface area (Å²) in [5.74, 6) is -1.14. The van der Waals surface area contributed by atoms with Crippen molar-refractivity contribution in [2.24, 2.45) is 0 Å². The third-order valence-electron chi connectivity index (χ3n) is 2.94. The van der Waals surface area contributed by atoms with Gasteiger partial charge in [-0.3, -0.25) is 0 Å². The highest BCUT2D eigenvalue weighted by molar-refractivity contribution is 5.74. The van der Waals surface area contributed by atoms with Crippen LogP contribution < -0.4 is 5.32 Å². The molecule has 1 aliphatic rings. The lowest BCUT2D eigenvalue weighted by molar-refractivity contribution is -0.154. The molecule has 4 atom stereocenters. The van der Waals surface area contributed by atoms with E-state index in [-0.39, 0.29) is 6.54 Å². The number of rotatable bonds is 5. The fourth-order valence-corrected chi connectivity index (χ4v) is 2.13. The molecule has 1 aliphatic heterocycles. The molecule has 8 nitrogen and oxygen atoms in total. The first kappa shape index (κ1) is 17.7. The van der Waals surface area contributed by atoms with Gasteiger partial charge in [0.05, 0.1) is 0 Å². The average molecular weight is 305 g/mol. The smallest absolute Gasteiger partial charge is 0.407 e. The molecule has 1 fully saturated rings. The fourth-order valence-electron chi connectivity index (χ4n) is 2.13. The first-order valence-electron chi connectivity index (χ1n) is 6.60. The summed E-state index contributed by atoms with van der Waals surface area (Å²) in [7, 11) is 2.82. The van der Waals surface area contributed by atoms with Gasteiger partial charge in [-0.2, -0.15) is 0 Å². The minimum atomic E-state index is -1.14. The van der Waals surface area contributed by atoms with Crippen molar-refractivity contribution in [2.45, 2.75) is 50.8 Å². The molecule has 0 bridgehead atoms. The number of carbonyl (C=O) groups is 2. The van der Waals surface area contributed by atoms with Crippen LogP contribution in [-0.4, -0.2) is 68.0 Å². The summed E-state index contributed by atoms with van der Waals surface area (Å²) in [5, 5.41) is 11.6. The number of carboxylic acids is 1. The van der Waals surface area contributed by atoms with Crippen molar-refractivity contribution in [3.05, 3.63) is 0 Å². The molecule has 0 aliphatic carbocycles. The van der Waals surface area contributed by atoms with E-state index < -0.39 is 42.1 Å². The molecule has 1 saturated heterocycles. The summed E-state index contributed by atoms with van der Waals surface area (Å²) in [5.41, 5.74) is -0.611. The first-order valence-corrected chi connectivity index (χ1v) is 6.60. The summed E-state index contributed by atoms with van der Waals surface area (Å²) < 4.78 is 20.9. The van der Waals surface area contributed by atoms with Crippen molar-refractivity contribution >= 4 is 12.1 Å². The molecule has 0 aromatic carbocycles. The second-order valence-electron chi connectivity index (χ2n) is 5.72. The molecular weight excluding hydrogens is 282 g/mol. The number of hydrogen-bond donors (Lipinski definition) is 2. The zero-order chi connectivity index (χ0) is 16.2. The van der Waals surface area contributed by atoms with E-state index in [1.54, 1.807) is 20.8 Å². The van der Waals surface area contributed by atoms with Crippen molar-refractivity contribution < 1.29 is 33.6 Å². The molecule has 0 saturated carbocycles. The number of methoxy groups -OCH3 is 2. The lowest BCUT2D eigenvalue weighted by Gasteiger charge is -2.23. The van der Waals surface area contributed by atoms with E-state index in [1.807, 2.05) is 0 Å². The first-order chi connectivity index (χ1) is 9.69. The molecule has 1 heterocycles. The maximum atomic E-state index is 11.6. The molecular formula is C13H23NO7. The Morgan fingerprint density at radius 2 is 1.76 bits per heavy atom. The quantitative estimate of drug-likeness (QED) is 0.757. The third-order valence-corrected chi connectivity index (χ3v) is 2.94. The number of hydrogen-bond acceptors (Lipinski definition) is 6. The van der Waals surface area contributed by atoms with Crippen molar-refractivity contribution in [2.75, 3.05) is 20.8 Å². The van der Waals surface area contributed by atoms with Crippen LogP contribution in [0.1, 0.15) is 20.8 Å². The van der Waals surface area contributed by atoms with Crippen LogP contribution in [-0.2, 0) is 23.7 Å². The Labute approximate surface area is 123 Å². The highest BCUT2D eigenvalue weighted by Gasteiger charge is 2.48. The van der Waals surface area contributed by atoms with Crippen LogP contribution in [0.25, 0.3) is 0 Å². The summed E-state index contributed by atoms with van der Waals surface area (Å²) >= 11 is 0. The summed E-state index contributed by atoms with van der Waals surface area (Å²) in [4.78, 5) is 22.7. The number of carboxylic acid groups (broad SMARTS) is 1. The average Bonchev–Trinajstić information content (AvgIpc) is 2.71. The maximum absolute atomic E-state index is 11.6. The van der Waals surface area contributed by atoms with Crippen molar-refractivity contribution in [1.29, 1.82) is 0 Å². The van der Waals surface area contributed by atoms with E-state index in [0.29, 0.717) is 0 Å². The Morgan fingerprint density at radius 1 is 1.19 bits per heavy atom. The summed E-state index contributed by atoms with van der Waals surface area (Å²) in [6, 6.07) is 0. The molecule has 8 heteroatoms. The third kappa shape index (κ3) is 4.83. The fraction of sp³-hybridized carbons (Fsp3) is 0.846. The molecule has 1 unspecified atom stereocenters. The van der Waals surface area contributed by atoms with Gasteiger partial charge >= 0.3 is 12.1 Å². The lowest BCUT2D eigenvalue weighted by atomic mass is 10.1. The van der Waals surface area contributed by atoms with Crippen LogP contribution in [0.2, 0.25) is 0 Å². The Hall–Kier alpha value is -1.38. The van der Waals surface area contributed by atoms with Gasteiger partial charge in [-0.05, 0) is 20.8 Å². The van der Waals surface area contributed by atoms with Crippen LogP contribution in [0.5, 0.6) is 0 Å². The normalized spacial score (nSPS) is 29.2. The monoisotopic (exact) mass is 305 g/mol. The number of ether oxygens (including phenoxy) is 4. The SMILES string of the molecule is CO[C@@H]1[C@@H](C(=O)O)OC(CNC(=O)OC(C)(C)C)[C@H]1OC. The summed E-state index contributed by atoms with van der Waals surface area (Å²) in [6.07, 6.45) is -3.70. The van der Waals surface area contributed by atoms with Crippen LogP contribution in [0.15, 0.2) is 0 Å². The maximum Gasteiger partial charge on any atom is 0.407 e. The molecule has 0 spiro atoms. The number of carbonyl (C=O) groups excluding carboxylic acids is 1. The number of nitrogens with one attached hydrogen (secondary N) is 1. The van der Waals surface area contributed by atoms with E-state index in [9.17, 15) is 9.59 Å². The van der Waals surface area contributed by atoms with E-state index in [4.69, 9.17) is 24.1 Å². The predicted octanol–water partition coefficient (Wildman–Crippen LogP) is 0.393. The Balaban J connectivity index is 2.62. The Morgan fingerprint density at radius 3 is 2.19 bits per heavy atom. The Kier molecular flexibility index (Phi) is 5.94. The Bertz CT molecular complexity index is 379. The second-order valence-corrected chi connectivity index (χ2v) is 5.72. The van der Waals surface area contributed by atoms with Gasteiger partial charge in [0.15, 0.2) is 6.10 Å². The molecule has 21 heavy (non-hydrogen) atoms. The van der Waals surface area contributed by atoms with Gasteiger partial charge in [0, 0.05) is 20.8 Å². The zero-order valence-corrected chi connectivity index (χ0v) is 12.9. The van der Waals surface area contributed by atoms with Crippen LogP contribution in [0.4, 0.5) is 4.79 Å². The predicted molar refractivity (Wildman–Crippen MR) is 72.1 cm³/mol. The van der Waals surface area contributed by atoms with Gasteiger partial charge in [-0.1, -0.05) is 0 Å². The van der Waals surface area contributed by atoms with Crippen molar-refractivity contribution in [3.8, 4) is 0 Å². The molecule has 0 radical (unpaired) electrons. The van der Waals surface area contributed by atoms with E-state index in [2.05, 4.69) is 5.32 Å². The summed E-state index contributed by atoms with van der Waals surface area (Å²) in [6.45, 7) is 5.31. The van der Waals surface area contributed by atoms with Crippen molar-refractivity contribution in [1.82, 2.24) is 5.32 Å². The second kappa shape index (κ2) is 7.06. The van der Waals surface area contributed by atoms with Crippen LogP contribution in [0.3, 0.4) is 0 Å². The molecule has 1 rings (SSSR count). The number of alkyl carbamates (subject to hydrolysis) is 1. The number of amides is 1. The van der Waals surface area contributed by atoms with Gasteiger partial charge < -0.3 is 29.4 Å². The van der Waals surface area contributed by atoms with Crippen molar-refractivity contribution in [3.63, 3.8) is 0 Å². The molecule has 122 valence electrons. The largest absolute Gasteiger partial charge is 0.479 e. The molecule has 2 N–H and O–H groups in total. The van der Waals surface area contributed by atoms with E-state index in [0.717, 1.165) is 0 Å². The van der Waals surface area contributed by atoms with Gasteiger partial charge in [0.1, 0.15) is 23.9 Å². The van der Waals surface area contributed by atoms with Gasteiger partial charge in [-0.25, -0.2) is 9.59 Å². The van der Waals surface area contributed by atoms with Crippen LogP contribution >= 0.6 is 0 Å². The highest BCUT2D eigenvalue weighted by Crippen LogP contribution is 2.26. The zero-order valence-electron chi connectivity index (χ0n) is 12.9. The molecule has 0 aromatic heterocycles. The topological polar surface area (TPSA) is 103 Å².